The zero-order valence-electron chi connectivity index (χ0n) is 14.9. The van der Waals surface area contributed by atoms with Crippen LogP contribution in [0, 0.1) is 0 Å². The number of carbonyl (C=O) groups excluding carboxylic acids is 3. The van der Waals surface area contributed by atoms with Crippen LogP contribution in [0.4, 0.5) is 4.79 Å². The Kier molecular flexibility index (Phi) is 5.72. The molecule has 2 fully saturated rings. The number of carbonyl (C=O) groups is 3. The molecule has 1 unspecified atom stereocenters. The van der Waals surface area contributed by atoms with Crippen LogP contribution in [0.2, 0.25) is 0 Å². The van der Waals surface area contributed by atoms with Gasteiger partial charge in [-0.25, -0.2) is 4.79 Å². The van der Waals surface area contributed by atoms with E-state index in [4.69, 9.17) is 4.74 Å². The van der Waals surface area contributed by atoms with Gasteiger partial charge in [-0.15, -0.1) is 0 Å². The summed E-state index contributed by atoms with van der Waals surface area (Å²) < 4.78 is 5.30. The SMILES string of the molecule is CC(C)(C)OC(=O)NC1(C(=O)NC2CCCCC(=O)N2)CCCC1. The van der Waals surface area contributed by atoms with Crippen LogP contribution in [-0.4, -0.2) is 35.2 Å². The summed E-state index contributed by atoms with van der Waals surface area (Å²) in [5.74, 6) is -0.281. The predicted octanol–water partition coefficient (Wildman–Crippen LogP) is 1.96. The fourth-order valence-electron chi connectivity index (χ4n) is 3.26. The maximum atomic E-state index is 12.8. The molecule has 3 N–H and O–H groups in total. The average molecular weight is 339 g/mol. The maximum absolute atomic E-state index is 12.8. The summed E-state index contributed by atoms with van der Waals surface area (Å²) in [5, 5.41) is 8.51. The highest BCUT2D eigenvalue weighted by Gasteiger charge is 2.44. The predicted molar refractivity (Wildman–Crippen MR) is 89.1 cm³/mol. The monoisotopic (exact) mass is 339 g/mol. The first-order valence-corrected chi connectivity index (χ1v) is 8.82. The Balaban J connectivity index is 2.01. The summed E-state index contributed by atoms with van der Waals surface area (Å²) in [7, 11) is 0. The second kappa shape index (κ2) is 7.40. The van der Waals surface area contributed by atoms with Crippen molar-refractivity contribution in [3.8, 4) is 0 Å². The van der Waals surface area contributed by atoms with E-state index in [0.717, 1.165) is 25.7 Å². The molecule has 0 bridgehead atoms. The van der Waals surface area contributed by atoms with Crippen LogP contribution in [-0.2, 0) is 14.3 Å². The third-order valence-electron chi connectivity index (χ3n) is 4.42. The van der Waals surface area contributed by atoms with Gasteiger partial charge in [0.1, 0.15) is 17.3 Å². The molecule has 0 aromatic carbocycles. The van der Waals surface area contributed by atoms with Crippen molar-refractivity contribution in [2.24, 2.45) is 0 Å². The Hall–Kier alpha value is -1.79. The van der Waals surface area contributed by atoms with Gasteiger partial charge in [0.25, 0.3) is 0 Å². The first-order valence-electron chi connectivity index (χ1n) is 8.82. The number of amides is 3. The van der Waals surface area contributed by atoms with Crippen molar-refractivity contribution in [3.63, 3.8) is 0 Å². The normalized spacial score (nSPS) is 23.8. The average Bonchev–Trinajstić information content (AvgIpc) is 2.81. The van der Waals surface area contributed by atoms with Gasteiger partial charge in [0.15, 0.2) is 0 Å². The van der Waals surface area contributed by atoms with Crippen molar-refractivity contribution in [2.45, 2.75) is 89.4 Å². The minimum Gasteiger partial charge on any atom is -0.444 e. The van der Waals surface area contributed by atoms with E-state index in [0.29, 0.717) is 25.7 Å². The molecule has 1 heterocycles. The third-order valence-corrected chi connectivity index (χ3v) is 4.42. The van der Waals surface area contributed by atoms with Crippen LogP contribution < -0.4 is 16.0 Å². The van der Waals surface area contributed by atoms with Gasteiger partial charge in [-0.3, -0.25) is 9.59 Å². The zero-order chi connectivity index (χ0) is 17.8. The molecule has 1 saturated heterocycles. The highest BCUT2D eigenvalue weighted by atomic mass is 16.6. The van der Waals surface area contributed by atoms with Gasteiger partial charge in [0, 0.05) is 6.42 Å². The van der Waals surface area contributed by atoms with Crippen molar-refractivity contribution >= 4 is 17.9 Å². The fourth-order valence-corrected chi connectivity index (χ4v) is 3.26. The molecule has 1 saturated carbocycles. The van der Waals surface area contributed by atoms with Gasteiger partial charge in [0.2, 0.25) is 11.8 Å². The second-order valence-corrected chi connectivity index (χ2v) is 7.76. The van der Waals surface area contributed by atoms with Gasteiger partial charge in [-0.1, -0.05) is 12.8 Å². The summed E-state index contributed by atoms with van der Waals surface area (Å²) in [4.78, 5) is 36.6. The molecule has 0 radical (unpaired) electrons. The molecule has 0 spiro atoms. The number of nitrogens with one attached hydrogen (secondary N) is 3. The summed E-state index contributed by atoms with van der Waals surface area (Å²) in [6.07, 6.45) is 4.89. The Labute approximate surface area is 143 Å². The van der Waals surface area contributed by atoms with Crippen LogP contribution in [0.5, 0.6) is 0 Å². The van der Waals surface area contributed by atoms with Crippen molar-refractivity contribution in [3.05, 3.63) is 0 Å². The molecule has 7 nitrogen and oxygen atoms in total. The van der Waals surface area contributed by atoms with Crippen LogP contribution in [0.1, 0.15) is 72.1 Å². The third kappa shape index (κ3) is 5.11. The first-order chi connectivity index (χ1) is 11.2. The second-order valence-electron chi connectivity index (χ2n) is 7.76. The van der Waals surface area contributed by atoms with Gasteiger partial charge in [-0.2, -0.15) is 0 Å². The van der Waals surface area contributed by atoms with Crippen LogP contribution in [0.3, 0.4) is 0 Å². The Morgan fingerprint density at radius 1 is 1.17 bits per heavy atom. The quantitative estimate of drug-likeness (QED) is 0.732. The molecular weight excluding hydrogens is 310 g/mol. The standard InChI is InChI=1S/C17H29N3O4/c1-16(2,3)24-15(23)20-17(10-6-7-11-17)14(22)19-12-8-4-5-9-13(21)18-12/h12H,4-11H2,1-3H3,(H,18,21)(H,19,22)(H,20,23). The number of ether oxygens (including phenoxy) is 1. The molecule has 0 aromatic heterocycles. The lowest BCUT2D eigenvalue weighted by Gasteiger charge is -2.32. The maximum Gasteiger partial charge on any atom is 0.408 e. The van der Waals surface area contributed by atoms with Gasteiger partial charge in [0.05, 0.1) is 0 Å². The molecule has 0 aromatic rings. The Morgan fingerprint density at radius 2 is 1.83 bits per heavy atom. The van der Waals surface area contributed by atoms with E-state index in [-0.39, 0.29) is 18.0 Å². The minimum atomic E-state index is -0.945. The molecule has 2 rings (SSSR count). The van der Waals surface area contributed by atoms with Gasteiger partial charge < -0.3 is 20.7 Å². The van der Waals surface area contributed by atoms with E-state index in [1.165, 1.54) is 0 Å². The number of rotatable bonds is 3. The lowest BCUT2D eigenvalue weighted by Crippen LogP contribution is -2.61. The molecule has 2 aliphatic rings. The largest absolute Gasteiger partial charge is 0.444 e. The molecule has 7 heteroatoms. The molecule has 1 aliphatic heterocycles. The van der Waals surface area contributed by atoms with Gasteiger partial charge in [-0.05, 0) is 52.9 Å². The van der Waals surface area contributed by atoms with E-state index in [1.54, 1.807) is 20.8 Å². The van der Waals surface area contributed by atoms with Crippen molar-refractivity contribution in [2.75, 3.05) is 0 Å². The molecule has 1 atom stereocenters. The van der Waals surface area contributed by atoms with Crippen molar-refractivity contribution in [1.29, 1.82) is 0 Å². The van der Waals surface area contributed by atoms with E-state index >= 15 is 0 Å². The smallest absolute Gasteiger partial charge is 0.408 e. The lowest BCUT2D eigenvalue weighted by atomic mass is 9.96. The molecule has 3 amide bonds. The first kappa shape index (κ1) is 18.5. The topological polar surface area (TPSA) is 96.5 Å². The summed E-state index contributed by atoms with van der Waals surface area (Å²) in [6.45, 7) is 5.36. The van der Waals surface area contributed by atoms with Crippen LogP contribution in [0.15, 0.2) is 0 Å². The van der Waals surface area contributed by atoms with Crippen LogP contribution >= 0.6 is 0 Å². The van der Waals surface area contributed by atoms with Crippen molar-refractivity contribution in [1.82, 2.24) is 16.0 Å². The highest BCUT2D eigenvalue weighted by molar-refractivity contribution is 5.91. The fraction of sp³-hybridized carbons (Fsp3) is 0.824. The van der Waals surface area contributed by atoms with E-state index in [1.807, 2.05) is 0 Å². The minimum absolute atomic E-state index is 0.0432. The van der Waals surface area contributed by atoms with E-state index in [2.05, 4.69) is 16.0 Å². The zero-order valence-corrected chi connectivity index (χ0v) is 14.9. The van der Waals surface area contributed by atoms with E-state index in [9.17, 15) is 14.4 Å². The number of alkyl carbamates (subject to hydrolysis) is 1. The summed E-state index contributed by atoms with van der Waals surface area (Å²) in [6, 6.07) is 0. The Morgan fingerprint density at radius 3 is 2.46 bits per heavy atom. The van der Waals surface area contributed by atoms with Crippen molar-refractivity contribution < 1.29 is 19.1 Å². The van der Waals surface area contributed by atoms with Gasteiger partial charge >= 0.3 is 6.09 Å². The Bertz CT molecular complexity index is 493. The van der Waals surface area contributed by atoms with Crippen LogP contribution in [0.25, 0.3) is 0 Å². The molecule has 136 valence electrons. The lowest BCUT2D eigenvalue weighted by molar-refractivity contribution is -0.129. The summed E-state index contributed by atoms with van der Waals surface area (Å²) in [5.41, 5.74) is -1.56. The number of hydrogen-bond acceptors (Lipinski definition) is 4. The number of hydrogen-bond donors (Lipinski definition) is 3. The van der Waals surface area contributed by atoms with E-state index < -0.39 is 17.2 Å². The summed E-state index contributed by atoms with van der Waals surface area (Å²) >= 11 is 0. The molecular formula is C17H29N3O4. The molecule has 24 heavy (non-hydrogen) atoms. The highest BCUT2D eigenvalue weighted by Crippen LogP contribution is 2.30. The molecule has 1 aliphatic carbocycles.